The largest absolute Gasteiger partial charge is 0.351 e. The van der Waals surface area contributed by atoms with Crippen molar-refractivity contribution in [3.63, 3.8) is 0 Å². The Labute approximate surface area is 175 Å². The van der Waals surface area contributed by atoms with Gasteiger partial charge in [-0.2, -0.15) is 0 Å². The molecule has 8 nitrogen and oxygen atoms in total. The molecule has 9 heteroatoms. The third-order valence-corrected chi connectivity index (χ3v) is 5.49. The van der Waals surface area contributed by atoms with Crippen molar-refractivity contribution in [1.82, 2.24) is 19.5 Å². The first-order chi connectivity index (χ1) is 14.5. The molecule has 0 saturated heterocycles. The summed E-state index contributed by atoms with van der Waals surface area (Å²) in [7, 11) is 0. The van der Waals surface area contributed by atoms with Gasteiger partial charge >= 0.3 is 5.69 Å². The lowest BCUT2D eigenvalue weighted by atomic mass is 10.2. The van der Waals surface area contributed by atoms with Gasteiger partial charge in [-0.3, -0.25) is 14.0 Å². The molecule has 0 unspecified atom stereocenters. The number of hydrogen-bond acceptors (Lipinski definition) is 5. The number of amides is 2. The van der Waals surface area contributed by atoms with Gasteiger partial charge in [-0.15, -0.1) is 16.4 Å². The molecule has 3 aromatic heterocycles. The Kier molecular flexibility index (Phi) is 5.44. The standard InChI is InChI=1S/C21H19N5O3S/c1-14(27)22-12-17-8-9-18(30-17)20(28)23-16-6-4-5-15(11-16)13-26-21(29)25-10-3-2-7-19(25)24-26/h2-11H,12-13H2,1H3,(H,22,27)(H,23,28). The average molecular weight is 421 g/mol. The van der Waals surface area contributed by atoms with Crippen LogP contribution in [-0.2, 0) is 17.9 Å². The van der Waals surface area contributed by atoms with Crippen LogP contribution in [0.3, 0.4) is 0 Å². The fraction of sp³-hybridized carbons (Fsp3) is 0.143. The van der Waals surface area contributed by atoms with Crippen molar-refractivity contribution < 1.29 is 9.59 Å². The molecule has 30 heavy (non-hydrogen) atoms. The molecule has 3 heterocycles. The molecule has 0 spiro atoms. The summed E-state index contributed by atoms with van der Waals surface area (Å²) < 4.78 is 2.88. The lowest BCUT2D eigenvalue weighted by molar-refractivity contribution is -0.119. The number of carbonyl (C=O) groups excluding carboxylic acids is 2. The van der Waals surface area contributed by atoms with E-state index in [0.29, 0.717) is 29.3 Å². The molecule has 0 atom stereocenters. The first-order valence-corrected chi connectivity index (χ1v) is 10.1. The van der Waals surface area contributed by atoms with Gasteiger partial charge in [0.05, 0.1) is 18.0 Å². The summed E-state index contributed by atoms with van der Waals surface area (Å²) in [5.74, 6) is -0.341. The third-order valence-electron chi connectivity index (χ3n) is 4.40. The molecule has 0 aliphatic heterocycles. The van der Waals surface area contributed by atoms with Gasteiger partial charge in [0.25, 0.3) is 5.91 Å². The molecular formula is C21H19N5O3S. The van der Waals surface area contributed by atoms with Crippen molar-refractivity contribution in [1.29, 1.82) is 0 Å². The van der Waals surface area contributed by atoms with E-state index in [-0.39, 0.29) is 17.5 Å². The minimum absolute atomic E-state index is 0.115. The van der Waals surface area contributed by atoms with E-state index in [1.54, 1.807) is 30.5 Å². The fourth-order valence-corrected chi connectivity index (χ4v) is 3.83. The molecule has 152 valence electrons. The average Bonchev–Trinajstić information content (AvgIpc) is 3.32. The second-order valence-electron chi connectivity index (χ2n) is 6.70. The Balaban J connectivity index is 1.46. The summed E-state index contributed by atoms with van der Waals surface area (Å²) in [4.78, 5) is 37.5. The number of nitrogens with one attached hydrogen (secondary N) is 2. The third kappa shape index (κ3) is 4.31. The van der Waals surface area contributed by atoms with E-state index < -0.39 is 0 Å². The highest BCUT2D eigenvalue weighted by Gasteiger charge is 2.11. The quantitative estimate of drug-likeness (QED) is 0.500. The first kappa shape index (κ1) is 19.6. The topological polar surface area (TPSA) is 97.5 Å². The molecule has 1 aromatic carbocycles. The van der Waals surface area contributed by atoms with Crippen LogP contribution in [0.1, 0.15) is 27.0 Å². The lowest BCUT2D eigenvalue weighted by Gasteiger charge is -2.06. The minimum Gasteiger partial charge on any atom is -0.351 e. The molecule has 0 fully saturated rings. The van der Waals surface area contributed by atoms with Crippen LogP contribution in [0.25, 0.3) is 5.65 Å². The summed E-state index contributed by atoms with van der Waals surface area (Å²) in [5, 5.41) is 9.92. The zero-order chi connectivity index (χ0) is 21.1. The van der Waals surface area contributed by atoms with Gasteiger partial charge in [-0.25, -0.2) is 9.48 Å². The van der Waals surface area contributed by atoms with Crippen LogP contribution in [0, 0.1) is 0 Å². The number of benzene rings is 1. The van der Waals surface area contributed by atoms with Crippen LogP contribution < -0.4 is 16.3 Å². The van der Waals surface area contributed by atoms with Gasteiger partial charge in [-0.05, 0) is 42.0 Å². The van der Waals surface area contributed by atoms with Gasteiger partial charge in [0.1, 0.15) is 0 Å². The lowest BCUT2D eigenvalue weighted by Crippen LogP contribution is -2.21. The van der Waals surface area contributed by atoms with Crippen LogP contribution in [-0.4, -0.2) is 26.0 Å². The second kappa shape index (κ2) is 8.34. The van der Waals surface area contributed by atoms with Gasteiger partial charge < -0.3 is 10.6 Å². The van der Waals surface area contributed by atoms with Crippen molar-refractivity contribution in [3.05, 3.63) is 86.6 Å². The Morgan fingerprint density at radius 2 is 1.97 bits per heavy atom. The number of hydrogen-bond donors (Lipinski definition) is 2. The van der Waals surface area contributed by atoms with Crippen LogP contribution in [0.2, 0.25) is 0 Å². The Morgan fingerprint density at radius 3 is 2.77 bits per heavy atom. The van der Waals surface area contributed by atoms with Gasteiger partial charge in [0.2, 0.25) is 5.91 Å². The van der Waals surface area contributed by atoms with Crippen molar-refractivity contribution in [2.75, 3.05) is 5.32 Å². The maximum Gasteiger partial charge on any atom is 0.350 e. The first-order valence-electron chi connectivity index (χ1n) is 9.27. The van der Waals surface area contributed by atoms with E-state index in [1.807, 2.05) is 30.3 Å². The number of carbonyl (C=O) groups is 2. The Morgan fingerprint density at radius 1 is 1.10 bits per heavy atom. The highest BCUT2D eigenvalue weighted by Crippen LogP contribution is 2.19. The van der Waals surface area contributed by atoms with E-state index in [0.717, 1.165) is 10.4 Å². The zero-order valence-electron chi connectivity index (χ0n) is 16.2. The maximum atomic E-state index is 12.5. The second-order valence-corrected chi connectivity index (χ2v) is 7.87. The normalized spacial score (nSPS) is 10.8. The molecule has 4 aromatic rings. The van der Waals surface area contributed by atoms with Crippen molar-refractivity contribution in [2.45, 2.75) is 20.0 Å². The van der Waals surface area contributed by atoms with Gasteiger partial charge in [0, 0.05) is 23.7 Å². The Bertz CT molecular complexity index is 1290. The van der Waals surface area contributed by atoms with Crippen molar-refractivity contribution in [3.8, 4) is 0 Å². The summed E-state index contributed by atoms with van der Waals surface area (Å²) in [6.07, 6.45) is 1.68. The summed E-state index contributed by atoms with van der Waals surface area (Å²) in [5.41, 5.74) is 1.84. The fourth-order valence-electron chi connectivity index (χ4n) is 2.99. The Hall–Kier alpha value is -3.72. The van der Waals surface area contributed by atoms with Crippen molar-refractivity contribution >= 4 is 34.5 Å². The molecular weight excluding hydrogens is 402 g/mol. The predicted octanol–water partition coefficient (Wildman–Crippen LogP) is 2.49. The summed E-state index contributed by atoms with van der Waals surface area (Å²) in [6, 6.07) is 16.2. The number of fused-ring (bicyclic) bond motifs is 1. The summed E-state index contributed by atoms with van der Waals surface area (Å²) in [6.45, 7) is 2.15. The molecule has 0 aliphatic rings. The molecule has 2 N–H and O–H groups in total. The van der Waals surface area contributed by atoms with E-state index in [9.17, 15) is 14.4 Å². The number of rotatable bonds is 6. The van der Waals surface area contributed by atoms with Crippen LogP contribution in [0.15, 0.2) is 65.6 Å². The highest BCUT2D eigenvalue weighted by molar-refractivity contribution is 7.14. The van der Waals surface area contributed by atoms with Crippen molar-refractivity contribution in [2.24, 2.45) is 0 Å². The van der Waals surface area contributed by atoms with E-state index >= 15 is 0 Å². The van der Waals surface area contributed by atoms with E-state index in [2.05, 4.69) is 15.7 Å². The molecule has 4 rings (SSSR count). The molecule has 2 amide bonds. The SMILES string of the molecule is CC(=O)NCc1ccc(C(=O)Nc2cccc(Cn3nc4ccccn4c3=O)c2)s1. The highest BCUT2D eigenvalue weighted by atomic mass is 32.1. The smallest absolute Gasteiger partial charge is 0.350 e. The number of anilines is 1. The predicted molar refractivity (Wildman–Crippen MR) is 115 cm³/mol. The number of thiophene rings is 1. The maximum absolute atomic E-state index is 12.5. The number of nitrogens with zero attached hydrogens (tertiary/aromatic N) is 3. The van der Waals surface area contributed by atoms with Crippen LogP contribution >= 0.6 is 11.3 Å². The number of aromatic nitrogens is 3. The molecule has 0 radical (unpaired) electrons. The molecule has 0 aliphatic carbocycles. The van der Waals surface area contributed by atoms with E-state index in [4.69, 9.17) is 0 Å². The van der Waals surface area contributed by atoms with E-state index in [1.165, 1.54) is 27.3 Å². The van der Waals surface area contributed by atoms with Gasteiger partial charge in [0.15, 0.2) is 5.65 Å². The molecule has 0 saturated carbocycles. The summed E-state index contributed by atoms with van der Waals surface area (Å²) >= 11 is 1.33. The van der Waals surface area contributed by atoms with Gasteiger partial charge in [-0.1, -0.05) is 18.2 Å². The van der Waals surface area contributed by atoms with Crippen LogP contribution in [0.5, 0.6) is 0 Å². The van der Waals surface area contributed by atoms with Crippen LogP contribution in [0.4, 0.5) is 5.69 Å². The minimum atomic E-state index is -0.226. The zero-order valence-corrected chi connectivity index (χ0v) is 17.0. The monoisotopic (exact) mass is 421 g/mol. The number of pyridine rings is 1. The molecule has 0 bridgehead atoms.